The summed E-state index contributed by atoms with van der Waals surface area (Å²) in [5.74, 6) is 0.644. The standard InChI is InChI=1S/C13H10.2C6H6O.CH2O3/c1-3-7-12-10(5-1)9-11-6-2-4-8-13(11)12;2*7-6-4-2-1-3-5-6;2-1(3)4/h1-8H,9H2;2*1-5,7H;(H2,2,3,4)/p-2. The van der Waals surface area contributed by atoms with Crippen molar-refractivity contribution in [2.75, 3.05) is 0 Å². The minimum Gasteiger partial charge on any atom is -0.652 e. The van der Waals surface area contributed by atoms with Crippen LogP contribution in [0.5, 0.6) is 11.5 Å². The lowest BCUT2D eigenvalue weighted by Gasteiger charge is -1.98. The topological polar surface area (TPSA) is 104 Å². The van der Waals surface area contributed by atoms with Crippen molar-refractivity contribution in [2.24, 2.45) is 0 Å². The van der Waals surface area contributed by atoms with Gasteiger partial charge in [-0.15, -0.1) is 0 Å². The van der Waals surface area contributed by atoms with E-state index in [0.29, 0.717) is 11.5 Å². The van der Waals surface area contributed by atoms with Gasteiger partial charge in [-0.25, -0.2) is 0 Å². The molecule has 0 aliphatic heterocycles. The Balaban J connectivity index is 0.000000163. The summed E-state index contributed by atoms with van der Waals surface area (Å²) in [5.41, 5.74) is 5.75. The number of phenols is 2. The number of carbonyl (C=O) groups is 1. The van der Waals surface area contributed by atoms with E-state index in [1.54, 1.807) is 48.5 Å². The van der Waals surface area contributed by atoms with Gasteiger partial charge in [0.1, 0.15) is 11.5 Å². The molecule has 0 saturated carbocycles. The fourth-order valence-electron chi connectivity index (χ4n) is 2.94. The van der Waals surface area contributed by atoms with Gasteiger partial charge in [-0.1, -0.05) is 84.9 Å². The fourth-order valence-corrected chi connectivity index (χ4v) is 2.94. The Kier molecular flexibility index (Phi) is 9.17. The van der Waals surface area contributed by atoms with Crippen molar-refractivity contribution >= 4 is 6.16 Å². The quantitative estimate of drug-likeness (QED) is 0.403. The summed E-state index contributed by atoms with van der Waals surface area (Å²) in [5, 5.41) is 33.9. The second-order valence-corrected chi connectivity index (χ2v) is 6.41. The summed E-state index contributed by atoms with van der Waals surface area (Å²) in [7, 11) is 0. The Hall–Kier alpha value is -4.25. The van der Waals surface area contributed by atoms with E-state index in [0.717, 1.165) is 6.42 Å². The van der Waals surface area contributed by atoms with Crippen molar-refractivity contribution < 1.29 is 25.2 Å². The number of carboxylic acid groups (broad SMARTS) is 2. The van der Waals surface area contributed by atoms with E-state index in [2.05, 4.69) is 48.5 Å². The van der Waals surface area contributed by atoms with Crippen LogP contribution in [0, 0.1) is 0 Å². The van der Waals surface area contributed by atoms with E-state index in [1.165, 1.54) is 22.3 Å². The molecule has 2 N–H and O–H groups in total. The van der Waals surface area contributed by atoms with E-state index in [1.807, 2.05) is 12.1 Å². The van der Waals surface area contributed by atoms with Crippen LogP contribution < -0.4 is 10.2 Å². The highest BCUT2D eigenvalue weighted by molar-refractivity contribution is 5.76. The summed E-state index contributed by atoms with van der Waals surface area (Å²) < 4.78 is 0. The molecule has 0 bridgehead atoms. The molecular formula is C26H22O5-2. The lowest BCUT2D eigenvalue weighted by atomic mass is 10.1. The van der Waals surface area contributed by atoms with Crippen LogP contribution in [0.2, 0.25) is 0 Å². The summed E-state index contributed by atoms with van der Waals surface area (Å²) >= 11 is 0. The first-order chi connectivity index (χ1) is 15.0. The number of benzene rings is 4. The van der Waals surface area contributed by atoms with Crippen molar-refractivity contribution in [2.45, 2.75) is 6.42 Å². The molecule has 5 heteroatoms. The molecule has 31 heavy (non-hydrogen) atoms. The number of carbonyl (C=O) groups excluding carboxylic acids is 1. The monoisotopic (exact) mass is 414 g/mol. The Morgan fingerprint density at radius 2 is 0.839 bits per heavy atom. The predicted octanol–water partition coefficient (Wildman–Crippen LogP) is 3.60. The van der Waals surface area contributed by atoms with Crippen LogP contribution in [0.3, 0.4) is 0 Å². The molecule has 4 aromatic rings. The van der Waals surface area contributed by atoms with Gasteiger partial charge in [-0.3, -0.25) is 0 Å². The van der Waals surface area contributed by atoms with Crippen molar-refractivity contribution in [1.82, 2.24) is 0 Å². The molecule has 5 nitrogen and oxygen atoms in total. The van der Waals surface area contributed by atoms with Gasteiger partial charge in [0.2, 0.25) is 0 Å². The molecule has 0 unspecified atom stereocenters. The molecule has 0 fully saturated rings. The maximum absolute atomic E-state index is 8.63. The fraction of sp³-hybridized carbons (Fsp3) is 0.0385. The van der Waals surface area contributed by atoms with E-state index < -0.39 is 6.16 Å². The number of phenolic OH excluding ortho intramolecular Hbond substituents is 2. The van der Waals surface area contributed by atoms with Crippen LogP contribution >= 0.6 is 0 Å². The number of hydrogen-bond donors (Lipinski definition) is 2. The van der Waals surface area contributed by atoms with Crippen LogP contribution in [0.4, 0.5) is 4.79 Å². The molecule has 0 saturated heterocycles. The highest BCUT2D eigenvalue weighted by atomic mass is 16.6. The smallest absolute Gasteiger partial charge is 0.115 e. The molecule has 5 rings (SSSR count). The predicted molar refractivity (Wildman–Crippen MR) is 116 cm³/mol. The second kappa shape index (κ2) is 12.3. The van der Waals surface area contributed by atoms with Crippen LogP contribution in [0.15, 0.2) is 109 Å². The average Bonchev–Trinajstić information content (AvgIpc) is 3.14. The molecule has 1 aliphatic carbocycles. The second-order valence-electron chi connectivity index (χ2n) is 6.41. The Bertz CT molecular complexity index is 978. The first kappa shape index (κ1) is 23.0. The first-order valence-corrected chi connectivity index (χ1v) is 9.49. The lowest BCUT2D eigenvalue weighted by molar-refractivity contribution is -0.415. The summed E-state index contributed by atoms with van der Waals surface area (Å²) in [6.07, 6.45) is -1.23. The molecule has 0 amide bonds. The van der Waals surface area contributed by atoms with Crippen molar-refractivity contribution in [3.05, 3.63) is 120 Å². The molecule has 0 atom stereocenters. The summed E-state index contributed by atoms with van der Waals surface area (Å²) in [6, 6.07) is 34.7. The molecule has 0 heterocycles. The minimum absolute atomic E-state index is 0.322. The first-order valence-electron chi connectivity index (χ1n) is 9.49. The summed E-state index contributed by atoms with van der Waals surface area (Å²) in [4.78, 5) is 8.33. The zero-order valence-electron chi connectivity index (χ0n) is 16.7. The maximum Gasteiger partial charge on any atom is 0.115 e. The molecular weight excluding hydrogens is 392 g/mol. The molecule has 4 aromatic carbocycles. The van der Waals surface area contributed by atoms with Gasteiger partial charge in [0.25, 0.3) is 0 Å². The van der Waals surface area contributed by atoms with Gasteiger partial charge >= 0.3 is 0 Å². The Morgan fingerprint density at radius 1 is 0.548 bits per heavy atom. The van der Waals surface area contributed by atoms with Crippen molar-refractivity contribution in [3.8, 4) is 22.6 Å². The lowest BCUT2D eigenvalue weighted by Crippen LogP contribution is -2.37. The van der Waals surface area contributed by atoms with E-state index in [-0.39, 0.29) is 0 Å². The van der Waals surface area contributed by atoms with Crippen LogP contribution in [-0.4, -0.2) is 16.4 Å². The van der Waals surface area contributed by atoms with Crippen LogP contribution in [0.25, 0.3) is 11.1 Å². The molecule has 0 radical (unpaired) electrons. The van der Waals surface area contributed by atoms with Gasteiger partial charge in [0.05, 0.1) is 0 Å². The van der Waals surface area contributed by atoms with Gasteiger partial charge in [0.15, 0.2) is 0 Å². The van der Waals surface area contributed by atoms with E-state index in [4.69, 9.17) is 25.2 Å². The minimum atomic E-state index is -2.33. The number of hydrogen-bond acceptors (Lipinski definition) is 5. The third-order valence-electron chi connectivity index (χ3n) is 4.22. The SMILES string of the molecule is O=C([O-])[O-].Oc1ccccc1.Oc1ccccc1.c1ccc2c(c1)Cc1ccccc1-2. The number of aromatic hydroxyl groups is 2. The molecule has 1 aliphatic rings. The Morgan fingerprint density at radius 3 is 1.13 bits per heavy atom. The normalized spacial score (nSPS) is 9.81. The molecule has 0 aromatic heterocycles. The largest absolute Gasteiger partial charge is 0.652 e. The Labute approximate surface area is 181 Å². The number of para-hydroxylation sites is 2. The van der Waals surface area contributed by atoms with E-state index >= 15 is 0 Å². The third-order valence-corrected chi connectivity index (χ3v) is 4.22. The molecule has 158 valence electrons. The molecule has 0 spiro atoms. The zero-order chi connectivity index (χ0) is 22.5. The van der Waals surface area contributed by atoms with Gasteiger partial charge in [-0.2, -0.15) is 0 Å². The van der Waals surface area contributed by atoms with Gasteiger partial charge < -0.3 is 25.2 Å². The van der Waals surface area contributed by atoms with Gasteiger partial charge in [-0.05, 0) is 59.1 Å². The van der Waals surface area contributed by atoms with Crippen molar-refractivity contribution in [3.63, 3.8) is 0 Å². The summed E-state index contributed by atoms with van der Waals surface area (Å²) in [6.45, 7) is 0. The highest BCUT2D eigenvalue weighted by Gasteiger charge is 2.15. The van der Waals surface area contributed by atoms with Crippen molar-refractivity contribution in [1.29, 1.82) is 0 Å². The van der Waals surface area contributed by atoms with Gasteiger partial charge in [0, 0.05) is 0 Å². The number of fused-ring (bicyclic) bond motifs is 3. The average molecular weight is 414 g/mol. The van der Waals surface area contributed by atoms with Crippen LogP contribution in [0.1, 0.15) is 11.1 Å². The zero-order valence-corrected chi connectivity index (χ0v) is 16.7. The highest BCUT2D eigenvalue weighted by Crippen LogP contribution is 2.35. The maximum atomic E-state index is 8.63. The third kappa shape index (κ3) is 8.33. The van der Waals surface area contributed by atoms with Crippen LogP contribution in [-0.2, 0) is 6.42 Å². The van der Waals surface area contributed by atoms with E-state index in [9.17, 15) is 0 Å². The number of rotatable bonds is 0.